The quantitative estimate of drug-likeness (QED) is 0.820. The summed E-state index contributed by atoms with van der Waals surface area (Å²) < 4.78 is 0. The molecule has 0 radical (unpaired) electrons. The van der Waals surface area contributed by atoms with E-state index in [-0.39, 0.29) is 24.8 Å². The van der Waals surface area contributed by atoms with Gasteiger partial charge in [0.05, 0.1) is 18.1 Å². The first-order valence-corrected chi connectivity index (χ1v) is 6.63. The van der Waals surface area contributed by atoms with Crippen LogP contribution in [0.3, 0.4) is 0 Å². The van der Waals surface area contributed by atoms with E-state index in [1.165, 1.54) is 6.07 Å². The Morgan fingerprint density at radius 1 is 1.26 bits per heavy atom. The largest absolute Gasteiger partial charge is 0.355 e. The Labute approximate surface area is 122 Å². The summed E-state index contributed by atoms with van der Waals surface area (Å²) in [5.41, 5.74) is 0.411. The van der Waals surface area contributed by atoms with Crippen LogP contribution < -0.4 is 5.32 Å². The fourth-order valence-electron chi connectivity index (χ4n) is 1.60. The SMILES string of the molecule is CCNC(=O)CN(C)CC(=O)c1ccc(Cl)cc1Cl. The molecule has 0 aliphatic heterocycles. The summed E-state index contributed by atoms with van der Waals surface area (Å²) in [6, 6.07) is 4.73. The highest BCUT2D eigenvalue weighted by Crippen LogP contribution is 2.21. The maximum Gasteiger partial charge on any atom is 0.234 e. The van der Waals surface area contributed by atoms with Gasteiger partial charge in [-0.2, -0.15) is 0 Å². The van der Waals surface area contributed by atoms with E-state index >= 15 is 0 Å². The summed E-state index contributed by atoms with van der Waals surface area (Å²) in [5, 5.41) is 3.48. The minimum absolute atomic E-state index is 0.111. The second kappa shape index (κ2) is 7.48. The van der Waals surface area contributed by atoms with Gasteiger partial charge in [-0.3, -0.25) is 14.5 Å². The smallest absolute Gasteiger partial charge is 0.234 e. The van der Waals surface area contributed by atoms with Crippen molar-refractivity contribution in [2.24, 2.45) is 0 Å². The lowest BCUT2D eigenvalue weighted by atomic mass is 10.1. The second-order valence-electron chi connectivity index (χ2n) is 4.17. The number of hydrogen-bond acceptors (Lipinski definition) is 3. The van der Waals surface area contributed by atoms with Crippen LogP contribution in [0.5, 0.6) is 0 Å². The van der Waals surface area contributed by atoms with Gasteiger partial charge in [-0.1, -0.05) is 23.2 Å². The average molecular weight is 303 g/mol. The van der Waals surface area contributed by atoms with Gasteiger partial charge in [-0.25, -0.2) is 0 Å². The monoisotopic (exact) mass is 302 g/mol. The molecular weight excluding hydrogens is 287 g/mol. The number of hydrogen-bond donors (Lipinski definition) is 1. The predicted octanol–water partition coefficient (Wildman–Crippen LogP) is 2.24. The van der Waals surface area contributed by atoms with E-state index in [0.717, 1.165) is 0 Å². The molecule has 0 bridgehead atoms. The van der Waals surface area contributed by atoms with Crippen LogP contribution >= 0.6 is 23.2 Å². The average Bonchev–Trinajstić information content (AvgIpc) is 2.28. The molecule has 1 amide bonds. The zero-order chi connectivity index (χ0) is 14.4. The lowest BCUT2D eigenvalue weighted by Gasteiger charge is -2.15. The molecule has 4 nitrogen and oxygen atoms in total. The molecule has 1 rings (SSSR count). The predicted molar refractivity (Wildman–Crippen MR) is 77.0 cm³/mol. The molecular formula is C13H16Cl2N2O2. The third kappa shape index (κ3) is 5.19. The minimum atomic E-state index is -0.145. The number of Topliss-reactive ketones (excluding diaryl/α,β-unsaturated/α-hetero) is 1. The van der Waals surface area contributed by atoms with Gasteiger partial charge in [-0.15, -0.1) is 0 Å². The Morgan fingerprint density at radius 3 is 2.53 bits per heavy atom. The highest BCUT2D eigenvalue weighted by molar-refractivity contribution is 6.36. The van der Waals surface area contributed by atoms with Crippen LogP contribution in [0.4, 0.5) is 0 Å². The molecule has 0 aliphatic carbocycles. The normalized spacial score (nSPS) is 10.6. The van der Waals surface area contributed by atoms with Crippen molar-refractivity contribution in [1.29, 1.82) is 0 Å². The van der Waals surface area contributed by atoms with Crippen molar-refractivity contribution in [3.63, 3.8) is 0 Å². The van der Waals surface area contributed by atoms with E-state index in [2.05, 4.69) is 5.32 Å². The molecule has 0 unspecified atom stereocenters. The zero-order valence-corrected chi connectivity index (χ0v) is 12.4. The number of halogens is 2. The van der Waals surface area contributed by atoms with E-state index in [0.29, 0.717) is 22.2 Å². The van der Waals surface area contributed by atoms with Crippen molar-refractivity contribution in [3.05, 3.63) is 33.8 Å². The van der Waals surface area contributed by atoms with Crippen LogP contribution in [0, 0.1) is 0 Å². The Hall–Kier alpha value is -1.10. The van der Waals surface area contributed by atoms with Gasteiger partial charge in [0.15, 0.2) is 5.78 Å². The molecule has 0 aromatic heterocycles. The molecule has 1 aromatic rings. The zero-order valence-electron chi connectivity index (χ0n) is 10.9. The number of nitrogens with one attached hydrogen (secondary N) is 1. The van der Waals surface area contributed by atoms with Crippen LogP contribution in [0.1, 0.15) is 17.3 Å². The highest BCUT2D eigenvalue weighted by atomic mass is 35.5. The third-order valence-electron chi connectivity index (χ3n) is 2.43. The summed E-state index contributed by atoms with van der Waals surface area (Å²) in [5.74, 6) is -0.256. The van der Waals surface area contributed by atoms with Gasteiger partial charge in [-0.05, 0) is 32.2 Å². The van der Waals surface area contributed by atoms with Gasteiger partial charge < -0.3 is 5.32 Å². The van der Waals surface area contributed by atoms with Crippen molar-refractivity contribution in [1.82, 2.24) is 10.2 Å². The lowest BCUT2D eigenvalue weighted by molar-refractivity contribution is -0.121. The summed E-state index contributed by atoms with van der Waals surface area (Å²) in [6.45, 7) is 2.71. The summed E-state index contributed by atoms with van der Waals surface area (Å²) in [7, 11) is 1.71. The second-order valence-corrected chi connectivity index (χ2v) is 5.02. The molecule has 0 heterocycles. The Balaban J connectivity index is 2.61. The number of rotatable bonds is 6. The topological polar surface area (TPSA) is 49.4 Å². The molecule has 1 aromatic carbocycles. The van der Waals surface area contributed by atoms with Crippen LogP contribution in [0.2, 0.25) is 10.0 Å². The molecule has 0 saturated carbocycles. The number of likely N-dealkylation sites (N-methyl/N-ethyl adjacent to an activating group) is 2. The first-order valence-electron chi connectivity index (χ1n) is 5.87. The van der Waals surface area contributed by atoms with Crippen LogP contribution in [-0.2, 0) is 4.79 Å². The highest BCUT2D eigenvalue weighted by Gasteiger charge is 2.14. The number of nitrogens with zero attached hydrogens (tertiary/aromatic N) is 1. The van der Waals surface area contributed by atoms with E-state index in [1.54, 1.807) is 24.1 Å². The number of amides is 1. The molecule has 0 atom stereocenters. The minimum Gasteiger partial charge on any atom is -0.355 e. The first kappa shape index (κ1) is 16.0. The maximum atomic E-state index is 12.0. The van der Waals surface area contributed by atoms with Crippen molar-refractivity contribution < 1.29 is 9.59 Å². The first-order chi connectivity index (χ1) is 8.93. The maximum absolute atomic E-state index is 12.0. The number of benzene rings is 1. The molecule has 0 spiro atoms. The molecule has 104 valence electrons. The molecule has 6 heteroatoms. The molecule has 0 fully saturated rings. The summed E-state index contributed by atoms with van der Waals surface area (Å²) >= 11 is 11.7. The van der Waals surface area contributed by atoms with Crippen LogP contribution in [0.15, 0.2) is 18.2 Å². The standard InChI is InChI=1S/C13H16Cl2N2O2/c1-3-16-13(19)8-17(2)7-12(18)10-5-4-9(14)6-11(10)15/h4-6H,3,7-8H2,1-2H3,(H,16,19). The van der Waals surface area contributed by atoms with Gasteiger partial charge in [0, 0.05) is 17.1 Å². The summed E-state index contributed by atoms with van der Waals surface area (Å²) in [4.78, 5) is 25.0. The van der Waals surface area contributed by atoms with Crippen molar-refractivity contribution >= 4 is 34.9 Å². The van der Waals surface area contributed by atoms with E-state index < -0.39 is 0 Å². The van der Waals surface area contributed by atoms with Crippen LogP contribution in [0.25, 0.3) is 0 Å². The molecule has 19 heavy (non-hydrogen) atoms. The van der Waals surface area contributed by atoms with Gasteiger partial charge >= 0.3 is 0 Å². The van der Waals surface area contributed by atoms with Crippen molar-refractivity contribution in [2.45, 2.75) is 6.92 Å². The lowest BCUT2D eigenvalue weighted by Crippen LogP contribution is -2.37. The third-order valence-corrected chi connectivity index (χ3v) is 2.98. The molecule has 1 N–H and O–H groups in total. The number of carbonyl (C=O) groups excluding carboxylic acids is 2. The van der Waals surface area contributed by atoms with Gasteiger partial charge in [0.25, 0.3) is 0 Å². The van der Waals surface area contributed by atoms with Gasteiger partial charge in [0.1, 0.15) is 0 Å². The van der Waals surface area contributed by atoms with E-state index in [1.807, 2.05) is 6.92 Å². The number of carbonyl (C=O) groups is 2. The number of ketones is 1. The van der Waals surface area contributed by atoms with E-state index in [9.17, 15) is 9.59 Å². The molecule has 0 saturated heterocycles. The Morgan fingerprint density at radius 2 is 1.95 bits per heavy atom. The van der Waals surface area contributed by atoms with Crippen molar-refractivity contribution in [3.8, 4) is 0 Å². The molecule has 0 aliphatic rings. The fraction of sp³-hybridized carbons (Fsp3) is 0.385. The van der Waals surface area contributed by atoms with E-state index in [4.69, 9.17) is 23.2 Å². The van der Waals surface area contributed by atoms with Crippen molar-refractivity contribution in [2.75, 3.05) is 26.7 Å². The Bertz CT molecular complexity index is 478. The Kier molecular flexibility index (Phi) is 6.28. The van der Waals surface area contributed by atoms with Gasteiger partial charge in [0.2, 0.25) is 5.91 Å². The fourth-order valence-corrected chi connectivity index (χ4v) is 2.11. The summed E-state index contributed by atoms with van der Waals surface area (Å²) in [6.07, 6.45) is 0. The van der Waals surface area contributed by atoms with Crippen LogP contribution in [-0.4, -0.2) is 43.3 Å².